The van der Waals surface area contributed by atoms with E-state index >= 15 is 0 Å². The molecule has 1 rings (SSSR count). The number of hydrogen-bond donors (Lipinski definition) is 0. The highest BCUT2D eigenvalue weighted by molar-refractivity contribution is 5.98. The van der Waals surface area contributed by atoms with Crippen LogP contribution in [0.25, 0.3) is 0 Å². The Balaban J connectivity index is 3.19. The van der Waals surface area contributed by atoms with Crippen molar-refractivity contribution in [3.05, 3.63) is 42.0 Å². The summed E-state index contributed by atoms with van der Waals surface area (Å²) in [6.45, 7) is 3.84. The van der Waals surface area contributed by atoms with Crippen LogP contribution in [0.2, 0.25) is 0 Å². The first-order valence-electron chi connectivity index (χ1n) is 5.68. The second kappa shape index (κ2) is 6.58. The Morgan fingerprint density at radius 3 is 2.42 bits per heavy atom. The molecule has 0 bridgehead atoms. The van der Waals surface area contributed by atoms with Crippen LogP contribution in [0.15, 0.2) is 30.9 Å². The SMILES string of the molecule is C=CCOc1cc(C(=O)OC)cc(C(=O)N(C)C)c1. The lowest BCUT2D eigenvalue weighted by Crippen LogP contribution is -2.22. The highest BCUT2D eigenvalue weighted by atomic mass is 16.5. The fourth-order valence-corrected chi connectivity index (χ4v) is 1.45. The van der Waals surface area contributed by atoms with Crippen LogP contribution >= 0.6 is 0 Å². The first-order chi connectivity index (χ1) is 8.99. The molecule has 1 aromatic carbocycles. The van der Waals surface area contributed by atoms with Gasteiger partial charge in [0.2, 0.25) is 0 Å². The van der Waals surface area contributed by atoms with Crippen molar-refractivity contribution in [3.63, 3.8) is 0 Å². The van der Waals surface area contributed by atoms with Gasteiger partial charge in [-0.15, -0.1) is 0 Å². The Kier molecular flexibility index (Phi) is 5.11. The van der Waals surface area contributed by atoms with Gasteiger partial charge in [-0.05, 0) is 18.2 Å². The number of amides is 1. The summed E-state index contributed by atoms with van der Waals surface area (Å²) in [5.74, 6) is -0.306. The first-order valence-corrected chi connectivity index (χ1v) is 5.68. The number of esters is 1. The smallest absolute Gasteiger partial charge is 0.338 e. The molecule has 0 radical (unpaired) electrons. The topological polar surface area (TPSA) is 55.8 Å². The van der Waals surface area contributed by atoms with Gasteiger partial charge in [0.1, 0.15) is 12.4 Å². The van der Waals surface area contributed by atoms with Gasteiger partial charge >= 0.3 is 5.97 Å². The Morgan fingerprint density at radius 1 is 1.26 bits per heavy atom. The number of nitrogens with zero attached hydrogens (tertiary/aromatic N) is 1. The highest BCUT2D eigenvalue weighted by Crippen LogP contribution is 2.19. The minimum Gasteiger partial charge on any atom is -0.490 e. The molecule has 5 heteroatoms. The summed E-state index contributed by atoms with van der Waals surface area (Å²) in [6, 6.07) is 4.59. The van der Waals surface area contributed by atoms with Crippen LogP contribution in [0.1, 0.15) is 20.7 Å². The Bertz CT molecular complexity index is 494. The average molecular weight is 263 g/mol. The fraction of sp³-hybridized carbons (Fsp3) is 0.286. The molecule has 0 atom stereocenters. The van der Waals surface area contributed by atoms with E-state index in [-0.39, 0.29) is 11.5 Å². The summed E-state index contributed by atoms with van der Waals surface area (Å²) in [6.07, 6.45) is 1.58. The molecule has 0 saturated carbocycles. The molecule has 19 heavy (non-hydrogen) atoms. The third kappa shape index (κ3) is 3.84. The summed E-state index contributed by atoms with van der Waals surface area (Å²) in [5.41, 5.74) is 0.640. The average Bonchev–Trinajstić information content (AvgIpc) is 2.42. The van der Waals surface area contributed by atoms with Crippen molar-refractivity contribution < 1.29 is 19.1 Å². The minimum absolute atomic E-state index is 0.214. The first kappa shape index (κ1) is 14.8. The van der Waals surface area contributed by atoms with Crippen LogP contribution in [0, 0.1) is 0 Å². The third-order valence-electron chi connectivity index (χ3n) is 2.35. The van der Waals surface area contributed by atoms with Gasteiger partial charge in [0.05, 0.1) is 12.7 Å². The van der Waals surface area contributed by atoms with Crippen molar-refractivity contribution in [2.75, 3.05) is 27.8 Å². The number of benzene rings is 1. The predicted molar refractivity (Wildman–Crippen MR) is 71.5 cm³/mol. The van der Waals surface area contributed by atoms with E-state index in [0.29, 0.717) is 17.9 Å². The monoisotopic (exact) mass is 263 g/mol. The quantitative estimate of drug-likeness (QED) is 0.600. The van der Waals surface area contributed by atoms with Gasteiger partial charge in [0.15, 0.2) is 0 Å². The molecule has 5 nitrogen and oxygen atoms in total. The molecule has 0 aromatic heterocycles. The maximum absolute atomic E-state index is 11.9. The maximum atomic E-state index is 11.9. The van der Waals surface area contributed by atoms with Gasteiger partial charge in [0, 0.05) is 19.7 Å². The van der Waals surface area contributed by atoms with Crippen LogP contribution in [0.4, 0.5) is 0 Å². The predicted octanol–water partition coefficient (Wildman–Crippen LogP) is 1.74. The number of carbonyl (C=O) groups excluding carboxylic acids is 2. The lowest BCUT2D eigenvalue weighted by molar-refractivity contribution is 0.0600. The largest absolute Gasteiger partial charge is 0.490 e. The van der Waals surface area contributed by atoms with Crippen LogP contribution in [-0.2, 0) is 4.74 Å². The van der Waals surface area contributed by atoms with E-state index in [0.717, 1.165) is 0 Å². The van der Waals surface area contributed by atoms with Gasteiger partial charge in [-0.3, -0.25) is 4.79 Å². The molecular formula is C14H17NO4. The summed E-state index contributed by atoms with van der Waals surface area (Å²) in [5, 5.41) is 0. The minimum atomic E-state index is -0.517. The van der Waals surface area contributed by atoms with E-state index in [1.807, 2.05) is 0 Å². The zero-order valence-corrected chi connectivity index (χ0v) is 11.3. The Labute approximate surface area is 112 Å². The number of carbonyl (C=O) groups is 2. The van der Waals surface area contributed by atoms with Gasteiger partial charge < -0.3 is 14.4 Å². The molecule has 0 aliphatic rings. The molecule has 0 unspecified atom stereocenters. The van der Waals surface area contributed by atoms with E-state index in [2.05, 4.69) is 11.3 Å². The van der Waals surface area contributed by atoms with Crippen molar-refractivity contribution in [2.45, 2.75) is 0 Å². The van der Waals surface area contributed by atoms with Crippen molar-refractivity contribution in [2.24, 2.45) is 0 Å². The molecule has 0 fully saturated rings. The zero-order chi connectivity index (χ0) is 14.4. The number of rotatable bonds is 5. The maximum Gasteiger partial charge on any atom is 0.338 e. The molecule has 1 aromatic rings. The second-order valence-electron chi connectivity index (χ2n) is 4.04. The van der Waals surface area contributed by atoms with Crippen LogP contribution in [-0.4, -0.2) is 44.6 Å². The summed E-state index contributed by atoms with van der Waals surface area (Å²) < 4.78 is 10.0. The summed E-state index contributed by atoms with van der Waals surface area (Å²) in [4.78, 5) is 24.9. The van der Waals surface area contributed by atoms with Crippen molar-refractivity contribution in [3.8, 4) is 5.75 Å². The molecule has 0 heterocycles. The van der Waals surface area contributed by atoms with Gasteiger partial charge in [0.25, 0.3) is 5.91 Å². The van der Waals surface area contributed by atoms with Gasteiger partial charge in [-0.25, -0.2) is 4.79 Å². The van der Waals surface area contributed by atoms with Crippen LogP contribution in [0.5, 0.6) is 5.75 Å². The molecule has 1 amide bonds. The summed E-state index contributed by atoms with van der Waals surface area (Å²) >= 11 is 0. The Hall–Kier alpha value is -2.30. The fourth-order valence-electron chi connectivity index (χ4n) is 1.45. The van der Waals surface area contributed by atoms with E-state index in [1.165, 1.54) is 24.1 Å². The Morgan fingerprint density at radius 2 is 1.89 bits per heavy atom. The zero-order valence-electron chi connectivity index (χ0n) is 11.3. The van der Waals surface area contributed by atoms with E-state index in [1.54, 1.807) is 26.2 Å². The lowest BCUT2D eigenvalue weighted by Gasteiger charge is -2.13. The molecule has 0 aliphatic carbocycles. The van der Waals surface area contributed by atoms with Crippen molar-refractivity contribution in [1.82, 2.24) is 4.90 Å². The molecule has 102 valence electrons. The molecular weight excluding hydrogens is 246 g/mol. The molecule has 0 spiro atoms. The molecule has 0 aliphatic heterocycles. The highest BCUT2D eigenvalue weighted by Gasteiger charge is 2.15. The normalized spacial score (nSPS) is 9.63. The van der Waals surface area contributed by atoms with Gasteiger partial charge in [-0.1, -0.05) is 12.7 Å². The standard InChI is InChI=1S/C14H17NO4/c1-5-6-19-12-8-10(13(16)15(2)3)7-11(9-12)14(17)18-4/h5,7-9H,1,6H2,2-4H3. The second-order valence-corrected chi connectivity index (χ2v) is 4.04. The van der Waals surface area contributed by atoms with Crippen molar-refractivity contribution >= 4 is 11.9 Å². The number of hydrogen-bond acceptors (Lipinski definition) is 4. The van der Waals surface area contributed by atoms with Crippen LogP contribution in [0.3, 0.4) is 0 Å². The number of ether oxygens (including phenoxy) is 2. The van der Waals surface area contributed by atoms with Gasteiger partial charge in [-0.2, -0.15) is 0 Å². The molecule has 0 N–H and O–H groups in total. The third-order valence-corrected chi connectivity index (χ3v) is 2.35. The lowest BCUT2D eigenvalue weighted by atomic mass is 10.1. The van der Waals surface area contributed by atoms with E-state index < -0.39 is 5.97 Å². The van der Waals surface area contributed by atoms with Crippen molar-refractivity contribution in [1.29, 1.82) is 0 Å². The molecule has 0 saturated heterocycles. The van der Waals surface area contributed by atoms with Crippen LogP contribution < -0.4 is 4.74 Å². The van der Waals surface area contributed by atoms with E-state index in [9.17, 15) is 9.59 Å². The summed E-state index contributed by atoms with van der Waals surface area (Å²) in [7, 11) is 4.56. The van der Waals surface area contributed by atoms with E-state index in [4.69, 9.17) is 4.74 Å². The number of methoxy groups -OCH3 is 1.